The second kappa shape index (κ2) is 5.01. The molecule has 5 nitrogen and oxygen atoms in total. The van der Waals surface area contributed by atoms with Gasteiger partial charge in [0.15, 0.2) is 0 Å². The largest absolute Gasteiger partial charge is 0.466 e. The quantitative estimate of drug-likeness (QED) is 0.853. The third-order valence-electron chi connectivity index (χ3n) is 2.54. The molecule has 0 aliphatic heterocycles. The first-order chi connectivity index (χ1) is 8.59. The smallest absolute Gasteiger partial charge is 0.269 e. The number of furan rings is 1. The Bertz CT molecular complexity index is 506. The van der Waals surface area contributed by atoms with Crippen LogP contribution in [0, 0.1) is 0 Å². The summed E-state index contributed by atoms with van der Waals surface area (Å²) in [7, 11) is 0. The van der Waals surface area contributed by atoms with Gasteiger partial charge in [0.25, 0.3) is 5.91 Å². The molecule has 0 radical (unpaired) electrons. The average Bonchev–Trinajstić information content (AvgIpc) is 2.92. The Morgan fingerprint density at radius 2 is 2.28 bits per heavy atom. The lowest BCUT2D eigenvalue weighted by Crippen LogP contribution is -2.38. The van der Waals surface area contributed by atoms with Gasteiger partial charge < -0.3 is 14.8 Å². The van der Waals surface area contributed by atoms with Crippen molar-refractivity contribution in [1.82, 2.24) is 10.3 Å². The van der Waals surface area contributed by atoms with Gasteiger partial charge >= 0.3 is 0 Å². The molecule has 2 rings (SSSR count). The number of nitrogens with one attached hydrogen (secondary N) is 1. The maximum Gasteiger partial charge on any atom is 0.269 e. The Balaban J connectivity index is 1.98. The van der Waals surface area contributed by atoms with Crippen LogP contribution < -0.4 is 5.32 Å². The molecule has 0 unspecified atom stereocenters. The summed E-state index contributed by atoms with van der Waals surface area (Å²) in [5, 5.41) is 12.8. The van der Waals surface area contributed by atoms with Crippen LogP contribution >= 0.6 is 0 Å². The molecule has 5 heteroatoms. The topological polar surface area (TPSA) is 75.4 Å². The molecule has 0 spiro atoms. The highest BCUT2D eigenvalue weighted by Gasteiger charge is 2.27. The number of rotatable bonds is 4. The summed E-state index contributed by atoms with van der Waals surface area (Å²) >= 11 is 0. The molecule has 2 N–H and O–H groups in total. The Kier molecular flexibility index (Phi) is 3.43. The molecule has 0 aliphatic carbocycles. The normalized spacial score (nSPS) is 13.9. The Labute approximate surface area is 104 Å². The van der Waals surface area contributed by atoms with Crippen LogP contribution in [0.5, 0.6) is 0 Å². The standard InChI is InChI=1S/C13H14N2O3/c1-13(17,11-6-4-8-18-11)9-15-12(16)10-5-2-3-7-14-10/h2-8,17H,9H2,1H3,(H,15,16)/t13-/m1/s1. The number of carbonyl (C=O) groups excluding carboxylic acids is 1. The molecule has 2 heterocycles. The zero-order valence-electron chi connectivity index (χ0n) is 9.96. The second-order valence-corrected chi connectivity index (χ2v) is 4.15. The molecule has 1 atom stereocenters. The van der Waals surface area contributed by atoms with Crippen LogP contribution in [0.4, 0.5) is 0 Å². The maximum atomic E-state index is 11.7. The monoisotopic (exact) mass is 246 g/mol. The third kappa shape index (κ3) is 2.75. The molecule has 94 valence electrons. The molecule has 18 heavy (non-hydrogen) atoms. The van der Waals surface area contributed by atoms with Crippen LogP contribution in [0.2, 0.25) is 0 Å². The summed E-state index contributed by atoms with van der Waals surface area (Å²) in [6.45, 7) is 1.63. The van der Waals surface area contributed by atoms with E-state index in [1.54, 1.807) is 43.5 Å². The zero-order valence-corrected chi connectivity index (χ0v) is 9.96. The van der Waals surface area contributed by atoms with Crippen molar-refractivity contribution in [2.75, 3.05) is 6.54 Å². The van der Waals surface area contributed by atoms with Crippen LogP contribution in [0.25, 0.3) is 0 Å². The lowest BCUT2D eigenvalue weighted by Gasteiger charge is -2.20. The summed E-state index contributed by atoms with van der Waals surface area (Å²) in [5.41, 5.74) is -0.929. The second-order valence-electron chi connectivity index (χ2n) is 4.15. The third-order valence-corrected chi connectivity index (χ3v) is 2.54. The van der Waals surface area contributed by atoms with Crippen molar-refractivity contribution in [1.29, 1.82) is 0 Å². The van der Waals surface area contributed by atoms with E-state index in [4.69, 9.17) is 4.42 Å². The fraction of sp³-hybridized carbons (Fsp3) is 0.231. The number of hydrogen-bond donors (Lipinski definition) is 2. The van der Waals surface area contributed by atoms with Crippen molar-refractivity contribution in [2.24, 2.45) is 0 Å². The van der Waals surface area contributed by atoms with Crippen LogP contribution in [0.15, 0.2) is 47.2 Å². The number of pyridine rings is 1. The summed E-state index contributed by atoms with van der Waals surface area (Å²) in [6.07, 6.45) is 3.02. The van der Waals surface area contributed by atoms with Crippen molar-refractivity contribution < 1.29 is 14.3 Å². The van der Waals surface area contributed by atoms with Gasteiger partial charge in [-0.15, -0.1) is 0 Å². The van der Waals surface area contributed by atoms with E-state index in [2.05, 4.69) is 10.3 Å². The average molecular weight is 246 g/mol. The molecule has 2 aromatic heterocycles. The minimum atomic E-state index is -1.24. The lowest BCUT2D eigenvalue weighted by molar-refractivity contribution is 0.0329. The summed E-state index contributed by atoms with van der Waals surface area (Å²) < 4.78 is 5.12. The fourth-order valence-electron chi connectivity index (χ4n) is 1.51. The van der Waals surface area contributed by atoms with Crippen molar-refractivity contribution in [3.8, 4) is 0 Å². The van der Waals surface area contributed by atoms with Gasteiger partial charge in [-0.05, 0) is 31.2 Å². The predicted molar refractivity (Wildman–Crippen MR) is 64.8 cm³/mol. The first kappa shape index (κ1) is 12.3. The number of carbonyl (C=O) groups is 1. The number of hydrogen-bond acceptors (Lipinski definition) is 4. The maximum absolute atomic E-state index is 11.7. The Morgan fingerprint density at radius 3 is 2.89 bits per heavy atom. The van der Waals surface area contributed by atoms with Gasteiger partial charge in [0.05, 0.1) is 12.8 Å². The van der Waals surface area contributed by atoms with Gasteiger partial charge in [-0.25, -0.2) is 0 Å². The van der Waals surface area contributed by atoms with E-state index < -0.39 is 5.60 Å². The minimum absolute atomic E-state index is 0.0515. The molecule has 0 fully saturated rings. The highest BCUT2D eigenvalue weighted by Crippen LogP contribution is 2.19. The summed E-state index contributed by atoms with van der Waals surface area (Å²) in [4.78, 5) is 15.7. The van der Waals surface area contributed by atoms with Gasteiger partial charge in [0.1, 0.15) is 17.1 Å². The van der Waals surface area contributed by atoms with Crippen LogP contribution in [0.3, 0.4) is 0 Å². The van der Waals surface area contributed by atoms with Crippen LogP contribution in [-0.4, -0.2) is 22.5 Å². The first-order valence-corrected chi connectivity index (χ1v) is 5.55. The number of aromatic nitrogens is 1. The molecule has 0 saturated carbocycles. The van der Waals surface area contributed by atoms with Crippen molar-refractivity contribution in [3.05, 3.63) is 54.2 Å². The zero-order chi connectivity index (χ0) is 13.0. The van der Waals surface area contributed by atoms with Gasteiger partial charge in [-0.2, -0.15) is 0 Å². The number of aliphatic hydroxyl groups is 1. The van der Waals surface area contributed by atoms with Crippen LogP contribution in [0.1, 0.15) is 23.2 Å². The Morgan fingerprint density at radius 1 is 1.44 bits per heavy atom. The van der Waals surface area contributed by atoms with Gasteiger partial charge in [0.2, 0.25) is 0 Å². The molecule has 1 amide bonds. The molecule has 0 aliphatic rings. The molecule has 0 aromatic carbocycles. The van der Waals surface area contributed by atoms with Gasteiger partial charge in [-0.3, -0.25) is 9.78 Å². The minimum Gasteiger partial charge on any atom is -0.466 e. The Hall–Kier alpha value is -2.14. The number of nitrogens with zero attached hydrogens (tertiary/aromatic N) is 1. The van der Waals surface area contributed by atoms with E-state index in [1.807, 2.05) is 0 Å². The molecule has 0 saturated heterocycles. The number of amides is 1. The van der Waals surface area contributed by atoms with Gasteiger partial charge in [-0.1, -0.05) is 6.07 Å². The van der Waals surface area contributed by atoms with Crippen molar-refractivity contribution in [3.63, 3.8) is 0 Å². The van der Waals surface area contributed by atoms with Gasteiger partial charge in [0, 0.05) is 6.20 Å². The SMILES string of the molecule is C[C@@](O)(CNC(=O)c1ccccn1)c1ccco1. The fourth-order valence-corrected chi connectivity index (χ4v) is 1.51. The molecular weight excluding hydrogens is 232 g/mol. The lowest BCUT2D eigenvalue weighted by atomic mass is 10.0. The summed E-state index contributed by atoms with van der Waals surface area (Å²) in [5.74, 6) is 0.0752. The summed E-state index contributed by atoms with van der Waals surface area (Å²) in [6, 6.07) is 8.41. The predicted octanol–water partition coefficient (Wildman–Crippen LogP) is 1.31. The van der Waals surface area contributed by atoms with E-state index in [9.17, 15) is 9.90 Å². The van der Waals surface area contributed by atoms with E-state index in [0.29, 0.717) is 11.5 Å². The van der Waals surface area contributed by atoms with E-state index in [0.717, 1.165) is 0 Å². The molecular formula is C13H14N2O3. The van der Waals surface area contributed by atoms with Crippen molar-refractivity contribution >= 4 is 5.91 Å². The van der Waals surface area contributed by atoms with Crippen LogP contribution in [-0.2, 0) is 5.60 Å². The van der Waals surface area contributed by atoms with E-state index in [-0.39, 0.29) is 12.5 Å². The van der Waals surface area contributed by atoms with E-state index in [1.165, 1.54) is 6.26 Å². The molecule has 0 bridgehead atoms. The highest BCUT2D eigenvalue weighted by atomic mass is 16.4. The van der Waals surface area contributed by atoms with E-state index >= 15 is 0 Å². The highest BCUT2D eigenvalue weighted by molar-refractivity contribution is 5.92. The molecule has 2 aromatic rings. The van der Waals surface area contributed by atoms with Crippen molar-refractivity contribution in [2.45, 2.75) is 12.5 Å². The first-order valence-electron chi connectivity index (χ1n) is 5.55.